The van der Waals surface area contributed by atoms with Crippen LogP contribution in [0.4, 0.5) is 8.78 Å². The van der Waals surface area contributed by atoms with Gasteiger partial charge in [0.25, 0.3) is 5.91 Å². The van der Waals surface area contributed by atoms with Crippen LogP contribution >= 0.6 is 0 Å². The molecule has 7 heteroatoms. The van der Waals surface area contributed by atoms with Crippen LogP contribution in [0.2, 0.25) is 0 Å². The highest BCUT2D eigenvalue weighted by atomic mass is 19.1. The maximum absolute atomic E-state index is 14.9. The minimum atomic E-state index is -2.16. The molecule has 2 aromatic heterocycles. The largest absolute Gasteiger partial charge is 0.328 e. The molecule has 0 atom stereocenters. The van der Waals surface area contributed by atoms with Crippen LogP contribution in [0.3, 0.4) is 0 Å². The summed E-state index contributed by atoms with van der Waals surface area (Å²) in [4.78, 5) is 17.6. The average Bonchev–Trinajstić information content (AvgIpc) is 3.18. The van der Waals surface area contributed by atoms with Crippen molar-refractivity contribution in [3.8, 4) is 11.1 Å². The van der Waals surface area contributed by atoms with Crippen molar-refractivity contribution in [2.24, 2.45) is 7.05 Å². The van der Waals surface area contributed by atoms with Gasteiger partial charge in [0.15, 0.2) is 0 Å². The van der Waals surface area contributed by atoms with Crippen molar-refractivity contribution in [1.82, 2.24) is 19.7 Å². The van der Waals surface area contributed by atoms with E-state index in [-0.39, 0.29) is 28.9 Å². The molecule has 5 rings (SSSR count). The first-order valence-corrected chi connectivity index (χ1v) is 8.95. The number of carbonyl (C=O) groups is 1. The van der Waals surface area contributed by atoms with Gasteiger partial charge in [-0.2, -0.15) is 5.10 Å². The van der Waals surface area contributed by atoms with Crippen LogP contribution in [-0.4, -0.2) is 25.6 Å². The predicted molar refractivity (Wildman–Crippen MR) is 104 cm³/mol. The zero-order valence-corrected chi connectivity index (χ0v) is 15.4. The van der Waals surface area contributed by atoms with Gasteiger partial charge in [-0.3, -0.25) is 14.5 Å². The number of hydrogen-bond donors (Lipinski definition) is 0. The summed E-state index contributed by atoms with van der Waals surface area (Å²) in [6.45, 7) is -2.44. The van der Waals surface area contributed by atoms with Crippen LogP contribution in [0.5, 0.6) is 0 Å². The summed E-state index contributed by atoms with van der Waals surface area (Å²) in [5, 5.41) is 4.89. The van der Waals surface area contributed by atoms with Crippen molar-refractivity contribution in [2.75, 3.05) is 0 Å². The van der Waals surface area contributed by atoms with E-state index in [1.54, 1.807) is 36.1 Å². The summed E-state index contributed by atoms with van der Waals surface area (Å²) < 4.78 is 47.7. The van der Waals surface area contributed by atoms with Gasteiger partial charge >= 0.3 is 0 Å². The van der Waals surface area contributed by atoms with Gasteiger partial charge in [-0.25, -0.2) is 8.78 Å². The van der Waals surface area contributed by atoms with Gasteiger partial charge in [0.05, 0.1) is 26.0 Å². The van der Waals surface area contributed by atoms with Gasteiger partial charge < -0.3 is 4.90 Å². The highest BCUT2D eigenvalue weighted by Crippen LogP contribution is 2.30. The van der Waals surface area contributed by atoms with Crippen molar-refractivity contribution < 1.29 is 16.3 Å². The smallest absolute Gasteiger partial charge is 0.256 e. The maximum Gasteiger partial charge on any atom is 0.256 e. The Kier molecular flexibility index (Phi) is 3.42. The minimum Gasteiger partial charge on any atom is -0.328 e. The van der Waals surface area contributed by atoms with Crippen molar-refractivity contribution in [1.29, 1.82) is 0 Å². The zero-order valence-electron chi connectivity index (χ0n) is 17.4. The zero-order chi connectivity index (χ0) is 21.9. The number of pyridine rings is 1. The Hall–Kier alpha value is -3.61. The summed E-state index contributed by atoms with van der Waals surface area (Å²) in [5.74, 6) is -1.73. The number of benzene rings is 2. The molecule has 0 saturated heterocycles. The molecule has 3 heterocycles. The number of amides is 1. The van der Waals surface area contributed by atoms with Gasteiger partial charge in [0.1, 0.15) is 11.6 Å². The summed E-state index contributed by atoms with van der Waals surface area (Å²) in [6, 6.07) is 10.2. The first kappa shape index (κ1) is 15.3. The molecule has 0 N–H and O–H groups in total. The standard InChI is InChI=1S/C22H16F2N4O/c1-27-10-15-7-17(19(24)9-20(15)26-27)13-4-5-14(18(23)8-13)11-28-12-21-16(22(28)29)3-2-6-25-21/h2-10H,11-12H2,1H3/i12D2. The van der Waals surface area contributed by atoms with Crippen LogP contribution < -0.4 is 0 Å². The second kappa shape index (κ2) is 6.48. The minimum absolute atomic E-state index is 0.0175. The Balaban J connectivity index is 1.49. The fourth-order valence-corrected chi connectivity index (χ4v) is 3.51. The topological polar surface area (TPSA) is 51.0 Å². The second-order valence-electron chi connectivity index (χ2n) is 6.90. The number of fused-ring (bicyclic) bond motifs is 2. The predicted octanol–water partition coefficient (Wildman–Crippen LogP) is 4.07. The molecule has 144 valence electrons. The number of aromatic nitrogens is 3. The van der Waals surface area contributed by atoms with Gasteiger partial charge in [0, 0.05) is 48.6 Å². The summed E-state index contributed by atoms with van der Waals surface area (Å²) in [7, 11) is 1.73. The molecular weight excluding hydrogens is 374 g/mol. The number of nitrogens with zero attached hydrogens (tertiary/aromatic N) is 4. The third-order valence-corrected chi connectivity index (χ3v) is 4.92. The third kappa shape index (κ3) is 2.95. The van der Waals surface area contributed by atoms with Crippen molar-refractivity contribution >= 4 is 16.8 Å². The van der Waals surface area contributed by atoms with E-state index in [0.717, 1.165) is 10.3 Å². The molecule has 0 unspecified atom stereocenters. The number of carbonyl (C=O) groups excluding carboxylic acids is 1. The van der Waals surface area contributed by atoms with E-state index < -0.39 is 24.0 Å². The van der Waals surface area contributed by atoms with Crippen molar-refractivity contribution in [3.63, 3.8) is 0 Å². The number of rotatable bonds is 3. The molecule has 29 heavy (non-hydrogen) atoms. The van der Waals surface area contributed by atoms with Gasteiger partial charge in [-0.15, -0.1) is 0 Å². The molecule has 0 bridgehead atoms. The second-order valence-corrected chi connectivity index (χ2v) is 6.90. The van der Waals surface area contributed by atoms with E-state index in [1.165, 1.54) is 30.5 Å². The van der Waals surface area contributed by atoms with Crippen LogP contribution in [0.25, 0.3) is 22.0 Å². The summed E-state index contributed by atoms with van der Waals surface area (Å²) in [6.07, 6.45) is 3.16. The van der Waals surface area contributed by atoms with E-state index in [2.05, 4.69) is 10.1 Å². The Morgan fingerprint density at radius 3 is 2.79 bits per heavy atom. The van der Waals surface area contributed by atoms with Crippen LogP contribution in [0, 0.1) is 11.6 Å². The SMILES string of the molecule is [2H]C1([2H])c2ncccc2C(=O)N1Cc1ccc(-c2cc3cn(C)nc3cc2F)cc1F. The highest BCUT2D eigenvalue weighted by molar-refractivity contribution is 5.97. The molecule has 0 aliphatic carbocycles. The van der Waals surface area contributed by atoms with Gasteiger partial charge in [0.2, 0.25) is 0 Å². The molecule has 1 aliphatic rings. The first-order valence-electron chi connectivity index (χ1n) is 9.95. The van der Waals surface area contributed by atoms with Crippen LogP contribution in [0.1, 0.15) is 24.4 Å². The number of halogens is 2. The molecule has 5 nitrogen and oxygen atoms in total. The van der Waals surface area contributed by atoms with Crippen molar-refractivity contribution in [3.05, 3.63) is 83.3 Å². The summed E-state index contributed by atoms with van der Waals surface area (Å²) in [5.41, 5.74) is 1.38. The van der Waals surface area contributed by atoms with E-state index >= 15 is 0 Å². The molecule has 1 aliphatic heterocycles. The number of aryl methyl sites for hydroxylation is 1. The van der Waals surface area contributed by atoms with Crippen LogP contribution in [-0.2, 0) is 20.1 Å². The fourth-order valence-electron chi connectivity index (χ4n) is 3.51. The van der Waals surface area contributed by atoms with Gasteiger partial charge in [-0.1, -0.05) is 12.1 Å². The van der Waals surface area contributed by atoms with E-state index in [0.29, 0.717) is 11.1 Å². The molecule has 0 fully saturated rings. The molecular formula is C22H16F2N4O. The van der Waals surface area contributed by atoms with Crippen molar-refractivity contribution in [2.45, 2.75) is 13.0 Å². The Bertz CT molecular complexity index is 1370. The fraction of sp³-hybridized carbons (Fsp3) is 0.136. The lowest BCUT2D eigenvalue weighted by Gasteiger charge is -2.16. The normalized spacial score (nSPS) is 16.1. The molecule has 4 aromatic rings. The Morgan fingerprint density at radius 2 is 2.00 bits per heavy atom. The molecule has 2 aromatic carbocycles. The third-order valence-electron chi connectivity index (χ3n) is 4.92. The monoisotopic (exact) mass is 392 g/mol. The lowest BCUT2D eigenvalue weighted by atomic mass is 10.0. The molecule has 1 amide bonds. The quantitative estimate of drug-likeness (QED) is 0.528. The lowest BCUT2D eigenvalue weighted by molar-refractivity contribution is 0.0765. The molecule has 0 saturated carbocycles. The highest BCUT2D eigenvalue weighted by Gasteiger charge is 2.28. The summed E-state index contributed by atoms with van der Waals surface area (Å²) >= 11 is 0. The molecule has 0 radical (unpaired) electrons. The average molecular weight is 392 g/mol. The van der Waals surface area contributed by atoms with E-state index in [4.69, 9.17) is 2.74 Å². The Labute approximate surface area is 168 Å². The lowest BCUT2D eigenvalue weighted by Crippen LogP contribution is -2.23. The molecule has 0 spiro atoms. The van der Waals surface area contributed by atoms with E-state index in [1.807, 2.05) is 0 Å². The maximum atomic E-state index is 14.9. The number of hydrogen-bond acceptors (Lipinski definition) is 3. The van der Waals surface area contributed by atoms with Crippen LogP contribution in [0.15, 0.2) is 54.9 Å². The van der Waals surface area contributed by atoms with E-state index in [9.17, 15) is 13.6 Å². The van der Waals surface area contributed by atoms with Gasteiger partial charge in [-0.05, 0) is 29.8 Å². The Morgan fingerprint density at radius 1 is 1.14 bits per heavy atom. The first-order chi connectivity index (χ1) is 14.8.